The third kappa shape index (κ3) is 63.8. The summed E-state index contributed by atoms with van der Waals surface area (Å²) in [6, 6.07) is 0. The van der Waals surface area contributed by atoms with E-state index in [9.17, 15) is 19.5 Å². The van der Waals surface area contributed by atoms with Crippen molar-refractivity contribution in [3.8, 4) is 0 Å². The number of hydrogen-bond donors (Lipinski definition) is 1. The quantitative estimate of drug-likeness (QED) is 0.0211. The number of carboxylic acids is 1. The third-order valence-corrected chi connectivity index (χ3v) is 12.7. The number of quaternary nitrogens is 1. The van der Waals surface area contributed by atoms with Gasteiger partial charge < -0.3 is 28.5 Å². The van der Waals surface area contributed by atoms with Crippen LogP contribution in [0, 0.1) is 0 Å². The summed E-state index contributed by atoms with van der Waals surface area (Å²) in [5.41, 5.74) is 0. The van der Waals surface area contributed by atoms with Crippen LogP contribution in [0.4, 0.5) is 0 Å². The van der Waals surface area contributed by atoms with Gasteiger partial charge >= 0.3 is 17.9 Å². The van der Waals surface area contributed by atoms with Gasteiger partial charge in [-0.2, -0.15) is 0 Å². The van der Waals surface area contributed by atoms with E-state index >= 15 is 0 Å². The second kappa shape index (κ2) is 62.4. The van der Waals surface area contributed by atoms with E-state index < -0.39 is 24.3 Å². The topological polar surface area (TPSA) is 108 Å². The van der Waals surface area contributed by atoms with Gasteiger partial charge in [0.25, 0.3) is 6.29 Å². The van der Waals surface area contributed by atoms with Crippen molar-refractivity contribution >= 4 is 17.9 Å². The molecule has 0 fully saturated rings. The van der Waals surface area contributed by atoms with E-state index in [1.165, 1.54) is 25.7 Å². The molecule has 9 heteroatoms. The molecule has 83 heavy (non-hydrogen) atoms. The SMILES string of the molecule is CC/C=C\C/C=C\C/C=C\C/C=C\C/C=C\C/C=C\C/C=C\C/C=C\C/C=C\C/C=C\C/C=C\CCCCCC(=O)OC(COC(=O)CCCCCCCCCC/C=C\C/C=C\C/C=C\C/C=C\CC)COC(OCC[N+](C)(C)C)C(=O)O. The van der Waals surface area contributed by atoms with Crippen molar-refractivity contribution in [3.63, 3.8) is 0 Å². The molecule has 1 N–H and O–H groups in total. The lowest BCUT2D eigenvalue weighted by Gasteiger charge is -2.25. The minimum absolute atomic E-state index is 0.169. The predicted molar refractivity (Wildman–Crippen MR) is 354 cm³/mol. The van der Waals surface area contributed by atoms with Gasteiger partial charge in [0.1, 0.15) is 13.2 Å². The van der Waals surface area contributed by atoms with Crippen LogP contribution in [0.1, 0.15) is 206 Å². The fraction of sp³-hybridized carbons (Fsp3) is 0.554. The number of aliphatic carboxylic acids is 1. The Labute approximate surface area is 507 Å². The van der Waals surface area contributed by atoms with Gasteiger partial charge in [0, 0.05) is 12.8 Å². The van der Waals surface area contributed by atoms with Crippen molar-refractivity contribution in [2.45, 2.75) is 219 Å². The van der Waals surface area contributed by atoms with Crippen molar-refractivity contribution in [1.29, 1.82) is 0 Å². The van der Waals surface area contributed by atoms with E-state index in [4.69, 9.17) is 18.9 Å². The Bertz CT molecular complexity index is 2010. The molecule has 0 aliphatic heterocycles. The van der Waals surface area contributed by atoms with Crippen LogP contribution in [0.25, 0.3) is 0 Å². The standard InChI is InChI=1S/C74H115NO8/c1-6-8-10-12-14-16-18-20-22-24-26-28-29-30-31-32-33-34-35-36-37-38-39-40-41-42-43-45-47-49-51-53-55-57-59-61-63-65-72(77)83-70(69-82-74(73(78)79)80-67-66-75(3,4)5)68-81-71(76)64-62-60-58-56-54-52-50-48-46-44-27-25-23-21-19-17-15-13-11-9-7-2/h8-11,14-17,20-23,26-28,30-31,33-34,36-37,39-40,42-44,47,49,53,55,70,74H,6-7,12-13,18-19,24-25,29,32,35,38,41,45-46,48,50-52,54,56-69H2,1-5H3/p+1/b10-8-,11-9-,16-14-,17-15-,22-20-,23-21-,28-26-,31-30-,34-33-,37-36-,40-39-,43-42-,44-27-,49-47-,55-53-. The van der Waals surface area contributed by atoms with E-state index in [-0.39, 0.29) is 38.6 Å². The smallest absolute Gasteiger partial charge is 0.361 e. The molecule has 2 unspecified atom stereocenters. The van der Waals surface area contributed by atoms with E-state index in [1.807, 2.05) is 21.1 Å². The summed E-state index contributed by atoms with van der Waals surface area (Å²) < 4.78 is 22.8. The number of rotatable bonds is 56. The number of hydrogen-bond acceptors (Lipinski definition) is 7. The maximum atomic E-state index is 12.9. The van der Waals surface area contributed by atoms with Gasteiger partial charge in [0.2, 0.25) is 0 Å². The Morgan fingerprint density at radius 1 is 0.361 bits per heavy atom. The molecule has 0 amide bonds. The molecular formula is C74H116NO8+. The molecule has 9 nitrogen and oxygen atoms in total. The molecule has 0 aromatic carbocycles. The van der Waals surface area contributed by atoms with Crippen molar-refractivity contribution in [1.82, 2.24) is 0 Å². The van der Waals surface area contributed by atoms with Crippen LogP contribution in [-0.4, -0.2) is 87.4 Å². The van der Waals surface area contributed by atoms with Gasteiger partial charge in [-0.25, -0.2) is 4.79 Å². The van der Waals surface area contributed by atoms with E-state index in [2.05, 4.69) is 196 Å². The average Bonchev–Trinajstić information content (AvgIpc) is 3.46. The second-order valence-corrected chi connectivity index (χ2v) is 21.6. The van der Waals surface area contributed by atoms with Crippen LogP contribution in [0.15, 0.2) is 182 Å². The van der Waals surface area contributed by atoms with E-state index in [0.717, 1.165) is 148 Å². The summed E-state index contributed by atoms with van der Waals surface area (Å²) in [5, 5.41) is 9.72. The summed E-state index contributed by atoms with van der Waals surface area (Å²) in [4.78, 5) is 37.5. The first-order chi connectivity index (χ1) is 40.6. The van der Waals surface area contributed by atoms with E-state index in [1.54, 1.807) is 0 Å². The number of carbonyl (C=O) groups is 3. The summed E-state index contributed by atoms with van der Waals surface area (Å²) in [6.45, 7) is 4.57. The first kappa shape index (κ1) is 77.4. The highest BCUT2D eigenvalue weighted by Gasteiger charge is 2.25. The molecule has 0 rings (SSSR count). The van der Waals surface area contributed by atoms with Gasteiger partial charge in [-0.3, -0.25) is 9.59 Å². The van der Waals surface area contributed by atoms with Crippen LogP contribution in [-0.2, 0) is 33.3 Å². The number of nitrogens with zero attached hydrogens (tertiary/aromatic N) is 1. The minimum atomic E-state index is -1.54. The number of esters is 2. The molecule has 464 valence electrons. The Morgan fingerprint density at radius 3 is 0.976 bits per heavy atom. The Balaban J connectivity index is 4.33. The maximum absolute atomic E-state index is 12.9. The summed E-state index contributed by atoms with van der Waals surface area (Å²) >= 11 is 0. The lowest BCUT2D eigenvalue weighted by Crippen LogP contribution is -2.40. The van der Waals surface area contributed by atoms with E-state index in [0.29, 0.717) is 17.4 Å². The van der Waals surface area contributed by atoms with Crippen molar-refractivity contribution < 1.29 is 42.9 Å². The molecule has 0 saturated carbocycles. The van der Waals surface area contributed by atoms with Crippen molar-refractivity contribution in [2.75, 3.05) is 47.5 Å². The third-order valence-electron chi connectivity index (χ3n) is 12.7. The van der Waals surface area contributed by atoms with Crippen LogP contribution in [0.2, 0.25) is 0 Å². The zero-order valence-electron chi connectivity index (χ0n) is 52.8. The monoisotopic (exact) mass is 1150 g/mol. The molecule has 0 aromatic heterocycles. The van der Waals surface area contributed by atoms with Gasteiger partial charge in [0.05, 0.1) is 34.4 Å². The molecular weight excluding hydrogens is 1030 g/mol. The zero-order valence-corrected chi connectivity index (χ0v) is 52.8. The summed E-state index contributed by atoms with van der Waals surface area (Å²) in [6.07, 6.45) is 92.7. The zero-order chi connectivity index (χ0) is 60.5. The van der Waals surface area contributed by atoms with Crippen molar-refractivity contribution in [2.24, 2.45) is 0 Å². The second-order valence-electron chi connectivity index (χ2n) is 21.6. The maximum Gasteiger partial charge on any atom is 0.361 e. The highest BCUT2D eigenvalue weighted by atomic mass is 16.7. The first-order valence-corrected chi connectivity index (χ1v) is 31.9. The number of ether oxygens (including phenoxy) is 4. The van der Waals surface area contributed by atoms with Crippen LogP contribution < -0.4 is 0 Å². The van der Waals surface area contributed by atoms with Crippen LogP contribution in [0.5, 0.6) is 0 Å². The fourth-order valence-corrected chi connectivity index (χ4v) is 7.83. The average molecular weight is 1150 g/mol. The molecule has 0 spiro atoms. The molecule has 0 aliphatic carbocycles. The lowest BCUT2D eigenvalue weighted by atomic mass is 10.1. The molecule has 0 bridgehead atoms. The molecule has 0 saturated heterocycles. The Hall–Kier alpha value is -5.61. The Morgan fingerprint density at radius 2 is 0.651 bits per heavy atom. The highest BCUT2D eigenvalue weighted by molar-refractivity contribution is 5.71. The van der Waals surface area contributed by atoms with Gasteiger partial charge in [-0.1, -0.05) is 241 Å². The van der Waals surface area contributed by atoms with Gasteiger partial charge in [-0.05, 0) is 135 Å². The van der Waals surface area contributed by atoms with Crippen molar-refractivity contribution in [3.05, 3.63) is 182 Å². The Kier molecular flexibility index (Phi) is 58.2. The molecule has 0 aliphatic rings. The lowest BCUT2D eigenvalue weighted by molar-refractivity contribution is -0.870. The summed E-state index contributed by atoms with van der Waals surface area (Å²) in [7, 11) is 5.94. The predicted octanol–water partition coefficient (Wildman–Crippen LogP) is 19.7. The largest absolute Gasteiger partial charge is 0.477 e. The fourth-order valence-electron chi connectivity index (χ4n) is 7.83. The molecule has 2 atom stereocenters. The summed E-state index contributed by atoms with van der Waals surface area (Å²) in [5.74, 6) is -2.09. The van der Waals surface area contributed by atoms with Gasteiger partial charge in [-0.15, -0.1) is 0 Å². The first-order valence-electron chi connectivity index (χ1n) is 31.9. The minimum Gasteiger partial charge on any atom is -0.477 e. The number of carboxylic acid groups (broad SMARTS) is 1. The molecule has 0 aromatic rings. The van der Waals surface area contributed by atoms with Crippen LogP contribution >= 0.6 is 0 Å². The molecule has 0 radical (unpaired) electrons. The normalized spacial score (nSPS) is 14.0. The number of unbranched alkanes of at least 4 members (excludes halogenated alkanes) is 11. The highest BCUT2D eigenvalue weighted by Crippen LogP contribution is 2.13. The number of likely N-dealkylation sites (N-methyl/N-ethyl adjacent to an activating group) is 1. The number of allylic oxidation sites excluding steroid dienone is 30. The van der Waals surface area contributed by atoms with Gasteiger partial charge in [0.15, 0.2) is 6.10 Å². The number of carbonyl (C=O) groups excluding carboxylic acids is 2. The molecule has 0 heterocycles. The van der Waals surface area contributed by atoms with Crippen LogP contribution in [0.3, 0.4) is 0 Å².